The van der Waals surface area contributed by atoms with Crippen molar-refractivity contribution in [3.8, 4) is 0 Å². The van der Waals surface area contributed by atoms with Gasteiger partial charge in [0.05, 0.1) is 5.56 Å². The van der Waals surface area contributed by atoms with Gasteiger partial charge < -0.3 is 10.0 Å². The fourth-order valence-corrected chi connectivity index (χ4v) is 2.30. The lowest BCUT2D eigenvalue weighted by molar-refractivity contribution is -0.137. The van der Waals surface area contributed by atoms with E-state index in [4.69, 9.17) is 5.11 Å². The van der Waals surface area contributed by atoms with Crippen LogP contribution in [0.1, 0.15) is 31.2 Å². The molecule has 0 aliphatic heterocycles. The summed E-state index contributed by atoms with van der Waals surface area (Å²) >= 11 is 0. The molecule has 0 atom stereocenters. The van der Waals surface area contributed by atoms with Gasteiger partial charge in [0.2, 0.25) is 0 Å². The minimum absolute atomic E-state index is 0.101. The van der Waals surface area contributed by atoms with Crippen molar-refractivity contribution in [2.75, 3.05) is 18.1 Å². The van der Waals surface area contributed by atoms with Crippen LogP contribution in [0.3, 0.4) is 0 Å². The van der Waals surface area contributed by atoms with Crippen LogP contribution in [0.5, 0.6) is 0 Å². The topological polar surface area (TPSA) is 23.5 Å². The van der Waals surface area contributed by atoms with Gasteiger partial charge in [0.1, 0.15) is 0 Å². The number of hydrogen-bond acceptors (Lipinski definition) is 2. The van der Waals surface area contributed by atoms with Gasteiger partial charge in [0, 0.05) is 24.9 Å². The Morgan fingerprint density at radius 1 is 1.16 bits per heavy atom. The molecule has 0 unspecified atom stereocenters. The van der Waals surface area contributed by atoms with Crippen molar-refractivity contribution in [2.45, 2.75) is 37.9 Å². The second-order valence-electron chi connectivity index (χ2n) is 4.90. The zero-order chi connectivity index (χ0) is 13.9. The van der Waals surface area contributed by atoms with Crippen molar-refractivity contribution in [1.29, 1.82) is 0 Å². The zero-order valence-electron chi connectivity index (χ0n) is 10.7. The molecular weight excluding hydrogens is 255 g/mol. The maximum Gasteiger partial charge on any atom is 0.416 e. The van der Waals surface area contributed by atoms with Crippen molar-refractivity contribution in [2.24, 2.45) is 0 Å². The van der Waals surface area contributed by atoms with Gasteiger partial charge in [-0.05, 0) is 49.9 Å². The van der Waals surface area contributed by atoms with Crippen LogP contribution >= 0.6 is 0 Å². The molecule has 2 nitrogen and oxygen atoms in total. The highest BCUT2D eigenvalue weighted by atomic mass is 19.4. The van der Waals surface area contributed by atoms with E-state index in [0.29, 0.717) is 19.0 Å². The summed E-state index contributed by atoms with van der Waals surface area (Å²) in [5.41, 5.74) is 0.193. The Labute approximate surface area is 110 Å². The number of aliphatic hydroxyl groups excluding tert-OH is 1. The molecular formula is C14H18F3NO. The fourth-order valence-electron chi connectivity index (χ4n) is 2.30. The van der Waals surface area contributed by atoms with Gasteiger partial charge in [-0.25, -0.2) is 0 Å². The van der Waals surface area contributed by atoms with E-state index < -0.39 is 11.7 Å². The average Bonchev–Trinajstić information content (AvgIpc) is 2.31. The molecule has 0 radical (unpaired) electrons. The Morgan fingerprint density at radius 2 is 1.79 bits per heavy atom. The van der Waals surface area contributed by atoms with Crippen LogP contribution in [0.2, 0.25) is 0 Å². The number of hydrogen-bond donors (Lipinski definition) is 1. The van der Waals surface area contributed by atoms with Gasteiger partial charge in [-0.1, -0.05) is 0 Å². The van der Waals surface area contributed by atoms with Gasteiger partial charge in [0.25, 0.3) is 0 Å². The third-order valence-corrected chi connectivity index (χ3v) is 3.60. The summed E-state index contributed by atoms with van der Waals surface area (Å²) in [6.07, 6.45) is -0.331. The van der Waals surface area contributed by atoms with Crippen LogP contribution in [-0.2, 0) is 6.18 Å². The largest absolute Gasteiger partial charge is 0.416 e. The summed E-state index contributed by atoms with van der Waals surface area (Å²) < 4.78 is 37.5. The second kappa shape index (κ2) is 5.82. The normalized spacial score (nSPS) is 16.2. The lowest BCUT2D eigenvalue weighted by Crippen LogP contribution is -2.41. The predicted octanol–water partition coefficient (Wildman–Crippen LogP) is 3.45. The highest BCUT2D eigenvalue weighted by molar-refractivity contribution is 5.49. The van der Waals surface area contributed by atoms with Crippen LogP contribution in [0.25, 0.3) is 0 Å². The maximum absolute atomic E-state index is 12.5. The molecule has 1 aliphatic rings. The fraction of sp³-hybridized carbons (Fsp3) is 0.571. The summed E-state index contributed by atoms with van der Waals surface area (Å²) in [4.78, 5) is 2.11. The van der Waals surface area contributed by atoms with E-state index in [1.54, 1.807) is 0 Å². The van der Waals surface area contributed by atoms with Crippen molar-refractivity contribution in [1.82, 2.24) is 0 Å². The standard InChI is InChI=1S/C14H18F3NO/c15-14(16,17)11-5-7-13(8-6-11)18(9-2-10-19)12-3-1-4-12/h5-8,12,19H,1-4,9-10H2. The first-order chi connectivity index (χ1) is 9.02. The van der Waals surface area contributed by atoms with E-state index in [2.05, 4.69) is 4.90 Å². The van der Waals surface area contributed by atoms with Gasteiger partial charge in [0.15, 0.2) is 0 Å². The third kappa shape index (κ3) is 3.41. The van der Waals surface area contributed by atoms with Crippen molar-refractivity contribution in [3.63, 3.8) is 0 Å². The van der Waals surface area contributed by atoms with Crippen LogP contribution in [0.15, 0.2) is 24.3 Å². The Bertz CT molecular complexity index is 398. The quantitative estimate of drug-likeness (QED) is 0.888. The van der Waals surface area contributed by atoms with Gasteiger partial charge in [-0.2, -0.15) is 13.2 Å². The van der Waals surface area contributed by atoms with Crippen LogP contribution in [-0.4, -0.2) is 24.3 Å². The van der Waals surface area contributed by atoms with E-state index in [1.165, 1.54) is 18.6 Å². The number of anilines is 1. The molecule has 1 aliphatic carbocycles. The average molecular weight is 273 g/mol. The molecule has 0 heterocycles. The van der Waals surface area contributed by atoms with E-state index in [1.807, 2.05) is 0 Å². The lowest BCUT2D eigenvalue weighted by Gasteiger charge is -2.39. The molecule has 0 saturated heterocycles. The minimum atomic E-state index is -4.29. The van der Waals surface area contributed by atoms with Gasteiger partial charge in [-0.15, -0.1) is 0 Å². The Balaban J connectivity index is 2.12. The second-order valence-corrected chi connectivity index (χ2v) is 4.90. The first kappa shape index (κ1) is 14.2. The van der Waals surface area contributed by atoms with E-state index in [-0.39, 0.29) is 6.61 Å². The van der Waals surface area contributed by atoms with Crippen LogP contribution in [0, 0.1) is 0 Å². The first-order valence-corrected chi connectivity index (χ1v) is 6.57. The zero-order valence-corrected chi connectivity index (χ0v) is 10.7. The molecule has 1 aromatic carbocycles. The Hall–Kier alpha value is -1.23. The van der Waals surface area contributed by atoms with E-state index in [9.17, 15) is 13.2 Å². The third-order valence-electron chi connectivity index (χ3n) is 3.60. The van der Waals surface area contributed by atoms with Crippen molar-refractivity contribution in [3.05, 3.63) is 29.8 Å². The first-order valence-electron chi connectivity index (χ1n) is 6.57. The summed E-state index contributed by atoms with van der Waals surface area (Å²) in [6, 6.07) is 5.71. The predicted molar refractivity (Wildman–Crippen MR) is 68.1 cm³/mol. The molecule has 1 saturated carbocycles. The summed E-state index contributed by atoms with van der Waals surface area (Å²) in [7, 11) is 0. The maximum atomic E-state index is 12.5. The molecule has 5 heteroatoms. The smallest absolute Gasteiger partial charge is 0.396 e. The summed E-state index contributed by atoms with van der Waals surface area (Å²) in [5, 5.41) is 8.91. The molecule has 19 heavy (non-hydrogen) atoms. The monoisotopic (exact) mass is 273 g/mol. The Kier molecular flexibility index (Phi) is 4.34. The number of alkyl halides is 3. The van der Waals surface area contributed by atoms with E-state index >= 15 is 0 Å². The molecule has 0 amide bonds. The molecule has 0 bridgehead atoms. The molecule has 2 rings (SSSR count). The number of benzene rings is 1. The highest BCUT2D eigenvalue weighted by Crippen LogP contribution is 2.33. The lowest BCUT2D eigenvalue weighted by atomic mass is 9.91. The Morgan fingerprint density at radius 3 is 2.21 bits per heavy atom. The van der Waals surface area contributed by atoms with Gasteiger partial charge in [-0.3, -0.25) is 0 Å². The number of nitrogens with zero attached hydrogens (tertiary/aromatic N) is 1. The molecule has 1 fully saturated rings. The van der Waals surface area contributed by atoms with Crippen LogP contribution < -0.4 is 4.90 Å². The summed E-state index contributed by atoms with van der Waals surface area (Å²) in [6.45, 7) is 0.788. The molecule has 1 N–H and O–H groups in total. The number of rotatable bonds is 5. The molecule has 0 aromatic heterocycles. The molecule has 1 aromatic rings. The van der Waals surface area contributed by atoms with Crippen LogP contribution in [0.4, 0.5) is 18.9 Å². The van der Waals surface area contributed by atoms with Crippen molar-refractivity contribution >= 4 is 5.69 Å². The summed E-state index contributed by atoms with van der Waals surface area (Å²) in [5.74, 6) is 0. The molecule has 0 spiro atoms. The highest BCUT2D eigenvalue weighted by Gasteiger charge is 2.31. The number of aliphatic hydroxyl groups is 1. The van der Waals surface area contributed by atoms with E-state index in [0.717, 1.165) is 30.7 Å². The molecule has 106 valence electrons. The SMILES string of the molecule is OCCCN(c1ccc(C(F)(F)F)cc1)C1CCC1. The minimum Gasteiger partial charge on any atom is -0.396 e. The number of halogens is 3. The van der Waals surface area contributed by atoms with Gasteiger partial charge >= 0.3 is 6.18 Å². The van der Waals surface area contributed by atoms with Crippen molar-refractivity contribution < 1.29 is 18.3 Å².